The van der Waals surface area contributed by atoms with Gasteiger partial charge in [0, 0.05) is 36.4 Å². The van der Waals surface area contributed by atoms with Crippen LogP contribution >= 0.6 is 0 Å². The smallest absolute Gasteiger partial charge is 0.146 e. The highest BCUT2D eigenvalue weighted by Crippen LogP contribution is 2.44. The van der Waals surface area contributed by atoms with Gasteiger partial charge in [0.15, 0.2) is 0 Å². The van der Waals surface area contributed by atoms with Gasteiger partial charge in [-0.15, -0.1) is 0 Å². The largest absolute Gasteiger partial charge is 0.381 e. The number of nitrogens with zero attached hydrogens (tertiary/aromatic N) is 1. The lowest BCUT2D eigenvalue weighted by Crippen LogP contribution is -2.43. The summed E-state index contributed by atoms with van der Waals surface area (Å²) in [5.41, 5.74) is 7.90. The van der Waals surface area contributed by atoms with Crippen LogP contribution < -0.4 is 5.73 Å². The predicted octanol–water partition coefficient (Wildman–Crippen LogP) is 2.97. The zero-order valence-corrected chi connectivity index (χ0v) is 11.8. The first kappa shape index (κ1) is 14.2. The lowest BCUT2D eigenvalue weighted by atomic mass is 9.67. The molecule has 4 heteroatoms. The SMILES string of the molecule is NC(c1ccncc1F)C1(c2ccccc2)CCOCC1. The normalized spacial score (nSPS) is 19.1. The Morgan fingerprint density at radius 1 is 1.14 bits per heavy atom. The van der Waals surface area contributed by atoms with E-state index < -0.39 is 6.04 Å². The second-order valence-corrected chi connectivity index (χ2v) is 5.51. The van der Waals surface area contributed by atoms with Gasteiger partial charge in [-0.3, -0.25) is 4.98 Å². The molecule has 0 amide bonds. The summed E-state index contributed by atoms with van der Waals surface area (Å²) < 4.78 is 19.6. The van der Waals surface area contributed by atoms with Crippen molar-refractivity contribution in [3.8, 4) is 0 Å². The first-order chi connectivity index (χ1) is 10.2. The fourth-order valence-electron chi connectivity index (χ4n) is 3.22. The molecule has 1 unspecified atom stereocenters. The Kier molecular flexibility index (Phi) is 3.99. The molecule has 1 fully saturated rings. The van der Waals surface area contributed by atoms with E-state index >= 15 is 0 Å². The van der Waals surface area contributed by atoms with Crippen LogP contribution in [0, 0.1) is 5.82 Å². The highest BCUT2D eigenvalue weighted by Gasteiger charge is 2.41. The quantitative estimate of drug-likeness (QED) is 0.943. The lowest BCUT2D eigenvalue weighted by Gasteiger charge is -2.42. The molecule has 2 aromatic rings. The van der Waals surface area contributed by atoms with Gasteiger partial charge in [-0.25, -0.2) is 4.39 Å². The second-order valence-electron chi connectivity index (χ2n) is 5.51. The Balaban J connectivity index is 2.06. The molecule has 1 aliphatic rings. The second kappa shape index (κ2) is 5.92. The Morgan fingerprint density at radius 2 is 1.86 bits per heavy atom. The van der Waals surface area contributed by atoms with Crippen LogP contribution in [0.1, 0.15) is 30.0 Å². The van der Waals surface area contributed by atoms with Crippen molar-refractivity contribution in [2.45, 2.75) is 24.3 Å². The maximum Gasteiger partial charge on any atom is 0.146 e. The van der Waals surface area contributed by atoms with Gasteiger partial charge < -0.3 is 10.5 Å². The lowest BCUT2D eigenvalue weighted by molar-refractivity contribution is 0.0393. The summed E-state index contributed by atoms with van der Waals surface area (Å²) in [6, 6.07) is 11.4. The number of hydrogen-bond acceptors (Lipinski definition) is 3. The van der Waals surface area contributed by atoms with Crippen molar-refractivity contribution in [3.05, 3.63) is 65.7 Å². The Morgan fingerprint density at radius 3 is 2.52 bits per heavy atom. The predicted molar refractivity (Wildman–Crippen MR) is 79.3 cm³/mol. The summed E-state index contributed by atoms with van der Waals surface area (Å²) in [7, 11) is 0. The zero-order chi connectivity index (χ0) is 14.7. The first-order valence-electron chi connectivity index (χ1n) is 7.22. The zero-order valence-electron chi connectivity index (χ0n) is 11.8. The van der Waals surface area contributed by atoms with Gasteiger partial charge in [-0.1, -0.05) is 30.3 Å². The molecule has 2 heterocycles. The minimum absolute atomic E-state index is 0.290. The molecule has 110 valence electrons. The summed E-state index contributed by atoms with van der Waals surface area (Å²) in [5, 5.41) is 0. The maximum atomic E-state index is 14.1. The molecule has 1 aliphatic heterocycles. The van der Waals surface area contributed by atoms with E-state index in [-0.39, 0.29) is 11.2 Å². The number of benzene rings is 1. The van der Waals surface area contributed by atoms with Crippen LogP contribution in [-0.4, -0.2) is 18.2 Å². The summed E-state index contributed by atoms with van der Waals surface area (Å²) >= 11 is 0. The number of pyridine rings is 1. The van der Waals surface area contributed by atoms with Gasteiger partial charge in [0.1, 0.15) is 5.82 Å². The van der Waals surface area contributed by atoms with Crippen molar-refractivity contribution >= 4 is 0 Å². The monoisotopic (exact) mass is 286 g/mol. The molecule has 1 aromatic heterocycles. The minimum atomic E-state index is -0.410. The highest BCUT2D eigenvalue weighted by molar-refractivity contribution is 5.33. The van der Waals surface area contributed by atoms with E-state index in [9.17, 15) is 4.39 Å². The molecular weight excluding hydrogens is 267 g/mol. The van der Waals surface area contributed by atoms with Crippen LogP contribution in [0.2, 0.25) is 0 Å². The fourth-order valence-corrected chi connectivity index (χ4v) is 3.22. The van der Waals surface area contributed by atoms with Crippen LogP contribution in [0.25, 0.3) is 0 Å². The molecule has 0 radical (unpaired) electrons. The fraction of sp³-hybridized carbons (Fsp3) is 0.353. The molecule has 21 heavy (non-hydrogen) atoms. The van der Waals surface area contributed by atoms with E-state index in [1.807, 2.05) is 18.2 Å². The van der Waals surface area contributed by atoms with Crippen LogP contribution in [0.4, 0.5) is 4.39 Å². The Labute approximate surface area is 124 Å². The van der Waals surface area contributed by atoms with E-state index in [4.69, 9.17) is 10.5 Å². The van der Waals surface area contributed by atoms with Crippen molar-refractivity contribution in [3.63, 3.8) is 0 Å². The van der Waals surface area contributed by atoms with Crippen LogP contribution in [0.3, 0.4) is 0 Å². The number of aromatic nitrogens is 1. The molecule has 0 spiro atoms. The molecule has 1 aromatic carbocycles. The van der Waals surface area contributed by atoms with E-state index in [1.54, 1.807) is 12.3 Å². The number of halogens is 1. The van der Waals surface area contributed by atoms with Crippen LogP contribution in [0.15, 0.2) is 48.8 Å². The van der Waals surface area contributed by atoms with Crippen molar-refractivity contribution in [2.24, 2.45) is 5.73 Å². The standard InChI is InChI=1S/C17H19FN2O/c18-15-12-20-9-6-14(15)16(19)17(7-10-21-11-8-17)13-4-2-1-3-5-13/h1-6,9,12,16H,7-8,10-11,19H2. The van der Waals surface area contributed by atoms with Gasteiger partial charge in [0.2, 0.25) is 0 Å². The molecule has 2 N–H and O–H groups in total. The molecule has 3 nitrogen and oxygen atoms in total. The average Bonchev–Trinajstić information content (AvgIpc) is 2.56. The molecule has 1 atom stereocenters. The summed E-state index contributed by atoms with van der Waals surface area (Å²) in [4.78, 5) is 3.81. The number of ether oxygens (including phenoxy) is 1. The van der Waals surface area contributed by atoms with Gasteiger partial charge in [0.05, 0.1) is 6.20 Å². The Hall–Kier alpha value is -1.78. The molecule has 0 saturated carbocycles. The van der Waals surface area contributed by atoms with Crippen molar-refractivity contribution < 1.29 is 9.13 Å². The third-order valence-corrected chi connectivity index (χ3v) is 4.47. The van der Waals surface area contributed by atoms with Gasteiger partial charge >= 0.3 is 0 Å². The van der Waals surface area contributed by atoms with Crippen LogP contribution in [0.5, 0.6) is 0 Å². The first-order valence-corrected chi connectivity index (χ1v) is 7.22. The summed E-state index contributed by atoms with van der Waals surface area (Å²) in [6.07, 6.45) is 4.41. The van der Waals surface area contributed by atoms with E-state index in [1.165, 1.54) is 6.20 Å². The number of nitrogens with two attached hydrogens (primary N) is 1. The third-order valence-electron chi connectivity index (χ3n) is 4.47. The van der Waals surface area contributed by atoms with E-state index in [0.29, 0.717) is 18.8 Å². The van der Waals surface area contributed by atoms with Gasteiger partial charge in [-0.2, -0.15) is 0 Å². The summed E-state index contributed by atoms with van der Waals surface area (Å²) in [6.45, 7) is 1.30. The van der Waals surface area contributed by atoms with Crippen molar-refractivity contribution in [1.29, 1.82) is 0 Å². The topological polar surface area (TPSA) is 48.1 Å². The van der Waals surface area contributed by atoms with Crippen molar-refractivity contribution in [2.75, 3.05) is 13.2 Å². The number of rotatable bonds is 3. The van der Waals surface area contributed by atoms with Crippen molar-refractivity contribution in [1.82, 2.24) is 4.98 Å². The van der Waals surface area contributed by atoms with E-state index in [2.05, 4.69) is 17.1 Å². The third kappa shape index (κ3) is 2.57. The molecule has 1 saturated heterocycles. The molecule has 0 bridgehead atoms. The molecule has 3 rings (SSSR count). The van der Waals surface area contributed by atoms with E-state index in [0.717, 1.165) is 18.4 Å². The number of hydrogen-bond donors (Lipinski definition) is 1. The molecular formula is C17H19FN2O. The van der Waals surface area contributed by atoms with Gasteiger partial charge in [0.25, 0.3) is 0 Å². The van der Waals surface area contributed by atoms with Gasteiger partial charge in [-0.05, 0) is 24.5 Å². The molecule has 0 aliphatic carbocycles. The maximum absolute atomic E-state index is 14.1. The minimum Gasteiger partial charge on any atom is -0.381 e. The Bertz CT molecular complexity index is 597. The summed E-state index contributed by atoms with van der Waals surface area (Å²) in [5.74, 6) is -0.341. The van der Waals surface area contributed by atoms with Crippen LogP contribution in [-0.2, 0) is 10.2 Å². The highest BCUT2D eigenvalue weighted by atomic mass is 19.1. The average molecular weight is 286 g/mol.